The van der Waals surface area contributed by atoms with E-state index in [1.807, 2.05) is 0 Å². The molecule has 0 aliphatic heterocycles. The first-order valence-corrected chi connectivity index (χ1v) is 18.1. The molecule has 0 N–H and O–H groups in total. The number of benzene rings is 8. The molecule has 244 valence electrons. The molecule has 0 radical (unpaired) electrons. The van der Waals surface area contributed by atoms with Crippen molar-refractivity contribution in [1.29, 1.82) is 0 Å². The summed E-state index contributed by atoms with van der Waals surface area (Å²) < 4.78 is 7.17. The Morgan fingerprint density at radius 3 is 1.43 bits per heavy atom. The molecule has 0 aliphatic rings. The lowest BCUT2D eigenvalue weighted by Crippen LogP contribution is -2.06. The van der Waals surface area contributed by atoms with Gasteiger partial charge in [-0.1, -0.05) is 133 Å². The van der Waals surface area contributed by atoms with Crippen LogP contribution in [0.4, 0.5) is 0 Å². The Morgan fingerprint density at radius 2 is 0.774 bits per heavy atom. The molecule has 0 amide bonds. The average molecular weight is 674 g/mol. The van der Waals surface area contributed by atoms with E-state index in [0.29, 0.717) is 0 Å². The van der Waals surface area contributed by atoms with Crippen LogP contribution in [0.3, 0.4) is 0 Å². The molecule has 13 aromatic rings. The Morgan fingerprint density at radius 1 is 0.302 bits per heavy atom. The summed E-state index contributed by atoms with van der Waals surface area (Å²) in [6, 6.07) is 59.2. The third-order valence-electron chi connectivity index (χ3n) is 11.6. The Bertz CT molecular complexity index is 3640. The van der Waals surface area contributed by atoms with Crippen molar-refractivity contribution in [2.45, 2.75) is 0 Å². The minimum absolute atomic E-state index is 0.823. The second kappa shape index (κ2) is 9.75. The number of hydrogen-bond donors (Lipinski definition) is 0. The van der Waals surface area contributed by atoms with Crippen molar-refractivity contribution < 1.29 is 0 Å². The second-order valence-electron chi connectivity index (χ2n) is 14.2. The standard InChI is InChI=1S/C48H27N5/c1-2-14-29-28(13-1)25-26-33-38-27-37-32-17-7-9-21-39(32)51-42-24-12-8-20-36(42)43(45(37)51)46(38)53(44(29)33)48-35-19-4-3-18-34(35)47(49-50-48)52-40-22-10-5-15-30(40)31-16-6-11-23-41(31)52/h1-27H. The maximum absolute atomic E-state index is 5.28. The van der Waals surface area contributed by atoms with E-state index < -0.39 is 0 Å². The van der Waals surface area contributed by atoms with E-state index in [4.69, 9.17) is 10.2 Å². The molecule has 0 aliphatic carbocycles. The van der Waals surface area contributed by atoms with E-state index in [0.717, 1.165) is 44.5 Å². The molecule has 53 heavy (non-hydrogen) atoms. The van der Waals surface area contributed by atoms with E-state index in [1.54, 1.807) is 0 Å². The van der Waals surface area contributed by atoms with Crippen molar-refractivity contribution in [1.82, 2.24) is 23.7 Å². The first kappa shape index (κ1) is 27.5. The van der Waals surface area contributed by atoms with E-state index in [1.165, 1.54) is 70.4 Å². The third kappa shape index (κ3) is 3.33. The minimum atomic E-state index is 0.823. The molecule has 0 atom stereocenters. The first-order valence-electron chi connectivity index (χ1n) is 18.1. The SMILES string of the molecule is c1ccc2c(c1)ccc1c3cc4c5ccccc5n5c6ccccc6c(c3n(-c3nnc(-n6c7ccccc7c7ccccc76)c6ccccc36)c21)c45. The van der Waals surface area contributed by atoms with Crippen LogP contribution in [-0.2, 0) is 0 Å². The molecular weight excluding hydrogens is 647 g/mol. The molecule has 8 aromatic carbocycles. The maximum Gasteiger partial charge on any atom is 0.168 e. The van der Waals surface area contributed by atoms with Crippen molar-refractivity contribution in [3.63, 3.8) is 0 Å². The molecule has 0 spiro atoms. The largest absolute Gasteiger partial charge is 0.308 e. The highest BCUT2D eigenvalue weighted by Crippen LogP contribution is 2.48. The van der Waals surface area contributed by atoms with E-state index in [9.17, 15) is 0 Å². The van der Waals surface area contributed by atoms with Crippen LogP contribution in [-0.4, -0.2) is 23.7 Å². The van der Waals surface area contributed by atoms with Gasteiger partial charge in [0, 0.05) is 59.2 Å². The molecule has 0 fully saturated rings. The molecule has 5 heterocycles. The number of rotatable bonds is 2. The fourth-order valence-electron chi connectivity index (χ4n) is 9.53. The molecule has 13 rings (SSSR count). The number of aromatic nitrogens is 5. The minimum Gasteiger partial charge on any atom is -0.308 e. The lowest BCUT2D eigenvalue weighted by Gasteiger charge is -2.15. The molecular formula is C48H27N5. The summed E-state index contributed by atoms with van der Waals surface area (Å²) in [4.78, 5) is 0. The zero-order valence-corrected chi connectivity index (χ0v) is 28.3. The summed E-state index contributed by atoms with van der Waals surface area (Å²) in [5, 5.41) is 24.8. The topological polar surface area (TPSA) is 40.1 Å². The van der Waals surface area contributed by atoms with Gasteiger partial charge in [-0.05, 0) is 35.7 Å². The van der Waals surface area contributed by atoms with Gasteiger partial charge < -0.3 is 4.40 Å². The van der Waals surface area contributed by atoms with E-state index in [-0.39, 0.29) is 0 Å². The van der Waals surface area contributed by atoms with Crippen LogP contribution in [0.25, 0.3) is 115 Å². The normalized spacial score (nSPS) is 12.5. The van der Waals surface area contributed by atoms with Crippen LogP contribution >= 0.6 is 0 Å². The number of hydrogen-bond acceptors (Lipinski definition) is 2. The second-order valence-corrected chi connectivity index (χ2v) is 14.2. The molecule has 5 aromatic heterocycles. The summed E-state index contributed by atoms with van der Waals surface area (Å²) >= 11 is 0. The predicted molar refractivity (Wildman–Crippen MR) is 220 cm³/mol. The van der Waals surface area contributed by atoms with Crippen molar-refractivity contribution in [2.24, 2.45) is 0 Å². The number of fused-ring (bicyclic) bond motifs is 16. The van der Waals surface area contributed by atoms with Gasteiger partial charge in [0.25, 0.3) is 0 Å². The smallest absolute Gasteiger partial charge is 0.168 e. The molecule has 5 heteroatoms. The zero-order valence-electron chi connectivity index (χ0n) is 28.3. The Labute approximate surface area is 301 Å². The van der Waals surface area contributed by atoms with Gasteiger partial charge in [0.05, 0.1) is 38.6 Å². The van der Waals surface area contributed by atoms with Gasteiger partial charge in [-0.25, -0.2) is 0 Å². The summed E-state index contributed by atoms with van der Waals surface area (Å²) in [6.45, 7) is 0. The summed E-state index contributed by atoms with van der Waals surface area (Å²) in [6.07, 6.45) is 0. The van der Waals surface area contributed by atoms with Gasteiger partial charge in [0.1, 0.15) is 0 Å². The number of nitrogens with zero attached hydrogens (tertiary/aromatic N) is 5. The van der Waals surface area contributed by atoms with Crippen molar-refractivity contribution in [3.8, 4) is 11.6 Å². The molecule has 0 bridgehead atoms. The van der Waals surface area contributed by atoms with E-state index >= 15 is 0 Å². The monoisotopic (exact) mass is 673 g/mol. The van der Waals surface area contributed by atoms with Gasteiger partial charge in [-0.15, -0.1) is 10.2 Å². The zero-order chi connectivity index (χ0) is 34.4. The summed E-state index contributed by atoms with van der Waals surface area (Å²) in [5.41, 5.74) is 8.21. The van der Waals surface area contributed by atoms with Gasteiger partial charge in [-0.3, -0.25) is 9.13 Å². The Kier molecular flexibility index (Phi) is 5.06. The van der Waals surface area contributed by atoms with Crippen LogP contribution in [0, 0.1) is 0 Å². The lowest BCUT2D eigenvalue weighted by atomic mass is 10.0. The van der Waals surface area contributed by atoms with Gasteiger partial charge >= 0.3 is 0 Å². The molecule has 0 saturated heterocycles. The van der Waals surface area contributed by atoms with Crippen LogP contribution in [0.1, 0.15) is 0 Å². The van der Waals surface area contributed by atoms with Crippen molar-refractivity contribution >= 4 is 103 Å². The Balaban J connectivity index is 1.26. The number of para-hydroxylation sites is 4. The maximum atomic E-state index is 5.28. The predicted octanol–water partition coefficient (Wildman–Crippen LogP) is 12.1. The van der Waals surface area contributed by atoms with Crippen molar-refractivity contribution in [2.75, 3.05) is 0 Å². The summed E-state index contributed by atoms with van der Waals surface area (Å²) in [7, 11) is 0. The van der Waals surface area contributed by atoms with Gasteiger partial charge in [-0.2, -0.15) is 0 Å². The quantitative estimate of drug-likeness (QED) is 0.183. The van der Waals surface area contributed by atoms with Gasteiger partial charge in [0.2, 0.25) is 0 Å². The van der Waals surface area contributed by atoms with E-state index in [2.05, 4.69) is 177 Å². The van der Waals surface area contributed by atoms with Crippen LogP contribution in [0.5, 0.6) is 0 Å². The average Bonchev–Trinajstić information content (AvgIpc) is 3.95. The fraction of sp³-hybridized carbons (Fsp3) is 0. The van der Waals surface area contributed by atoms with Crippen LogP contribution < -0.4 is 0 Å². The third-order valence-corrected chi connectivity index (χ3v) is 11.6. The van der Waals surface area contributed by atoms with Gasteiger partial charge in [0.15, 0.2) is 11.6 Å². The molecule has 5 nitrogen and oxygen atoms in total. The van der Waals surface area contributed by atoms with Crippen LogP contribution in [0.2, 0.25) is 0 Å². The molecule has 0 unspecified atom stereocenters. The first-order chi connectivity index (χ1) is 26.3. The highest BCUT2D eigenvalue weighted by atomic mass is 15.3. The Hall–Kier alpha value is -7.24. The lowest BCUT2D eigenvalue weighted by molar-refractivity contribution is 0.931. The highest BCUT2D eigenvalue weighted by molar-refractivity contribution is 6.35. The van der Waals surface area contributed by atoms with Crippen molar-refractivity contribution in [3.05, 3.63) is 164 Å². The summed E-state index contributed by atoms with van der Waals surface area (Å²) in [5.74, 6) is 1.65. The highest BCUT2D eigenvalue weighted by Gasteiger charge is 2.27. The fourth-order valence-corrected chi connectivity index (χ4v) is 9.53. The molecule has 0 saturated carbocycles. The van der Waals surface area contributed by atoms with Crippen LogP contribution in [0.15, 0.2) is 164 Å².